The number of hydrogen-bond acceptors (Lipinski definition) is 1. The number of rotatable bonds is 6. The Bertz CT molecular complexity index is 1890. The van der Waals surface area contributed by atoms with Crippen molar-refractivity contribution in [1.29, 1.82) is 0 Å². The summed E-state index contributed by atoms with van der Waals surface area (Å²) in [5.74, 6) is 0.783. The van der Waals surface area contributed by atoms with Crippen molar-refractivity contribution < 1.29 is 0 Å². The fourth-order valence-corrected chi connectivity index (χ4v) is 7.23. The van der Waals surface area contributed by atoms with Crippen molar-refractivity contribution in [1.82, 2.24) is 4.98 Å². The van der Waals surface area contributed by atoms with Crippen LogP contribution in [0.1, 0.15) is 55.2 Å². The number of aromatic nitrogens is 1. The van der Waals surface area contributed by atoms with E-state index in [1.807, 2.05) is 12.3 Å². The van der Waals surface area contributed by atoms with Gasteiger partial charge >= 0.3 is 0 Å². The van der Waals surface area contributed by atoms with Gasteiger partial charge in [-0.15, -0.1) is 0 Å². The molecule has 0 N–H and O–H groups in total. The zero-order valence-corrected chi connectivity index (χ0v) is 24.8. The standard InChI is InChI=1S/C42H37N/c1-3-4-16-37-29(2)41(36-24-19-31-14-8-9-15-34(31)27-36)38-17-10-11-18-39(38)42(37)33-22-20-32(21-23-33)40-28-35(25-26-43-40)30-12-6-5-7-13-30/h3-6,8-9,11-12,14-16,18-28,38,41H,1,7,10,13,17H2,2H3/b16-4-. The molecule has 0 aliphatic heterocycles. The van der Waals surface area contributed by atoms with E-state index in [1.165, 1.54) is 55.3 Å². The maximum atomic E-state index is 4.74. The van der Waals surface area contributed by atoms with Crippen LogP contribution in [0.3, 0.4) is 0 Å². The van der Waals surface area contributed by atoms with Crippen molar-refractivity contribution in [3.05, 3.63) is 174 Å². The highest BCUT2D eigenvalue weighted by Crippen LogP contribution is 2.52. The van der Waals surface area contributed by atoms with E-state index in [4.69, 9.17) is 4.98 Å². The highest BCUT2D eigenvalue weighted by atomic mass is 14.7. The molecule has 0 radical (unpaired) electrons. The molecule has 0 spiro atoms. The minimum Gasteiger partial charge on any atom is -0.256 e. The van der Waals surface area contributed by atoms with E-state index in [0.717, 1.165) is 36.9 Å². The van der Waals surface area contributed by atoms with Gasteiger partial charge in [-0.05, 0) is 100 Å². The number of nitrogens with zero attached hydrogens (tertiary/aromatic N) is 1. The van der Waals surface area contributed by atoms with Crippen LogP contribution in [-0.2, 0) is 0 Å². The molecule has 43 heavy (non-hydrogen) atoms. The first-order chi connectivity index (χ1) is 21.2. The summed E-state index contributed by atoms with van der Waals surface area (Å²) in [6, 6.07) is 29.2. The Morgan fingerprint density at radius 3 is 2.49 bits per heavy atom. The SMILES string of the molecule is C=C/C=C\C1=C(C)C(c2ccc3ccccc3c2)C2CCC=CC2=C1c1ccc(-c2cc(C3=CC=CCC3)ccn2)cc1. The van der Waals surface area contributed by atoms with Crippen LogP contribution >= 0.6 is 0 Å². The van der Waals surface area contributed by atoms with Gasteiger partial charge in [-0.1, -0.05) is 127 Å². The van der Waals surface area contributed by atoms with E-state index in [0.29, 0.717) is 11.8 Å². The van der Waals surface area contributed by atoms with Crippen LogP contribution in [0.2, 0.25) is 0 Å². The fraction of sp³-hybridized carbons (Fsp3) is 0.167. The molecule has 0 bridgehead atoms. The second kappa shape index (κ2) is 11.9. The van der Waals surface area contributed by atoms with E-state index < -0.39 is 0 Å². The summed E-state index contributed by atoms with van der Waals surface area (Å²) in [5.41, 5.74) is 13.0. The van der Waals surface area contributed by atoms with Gasteiger partial charge in [0, 0.05) is 17.7 Å². The lowest BCUT2D eigenvalue weighted by atomic mass is 9.65. The van der Waals surface area contributed by atoms with E-state index >= 15 is 0 Å². The zero-order valence-electron chi connectivity index (χ0n) is 24.8. The third kappa shape index (κ3) is 5.21. The van der Waals surface area contributed by atoms with E-state index in [9.17, 15) is 0 Å². The molecule has 2 unspecified atom stereocenters. The average Bonchev–Trinajstić information content (AvgIpc) is 3.07. The lowest BCUT2D eigenvalue weighted by Gasteiger charge is -2.39. The minimum atomic E-state index is 0.341. The van der Waals surface area contributed by atoms with Crippen LogP contribution in [0.4, 0.5) is 0 Å². The van der Waals surface area contributed by atoms with Gasteiger partial charge in [-0.2, -0.15) is 0 Å². The maximum absolute atomic E-state index is 4.74. The van der Waals surface area contributed by atoms with Crippen molar-refractivity contribution in [2.75, 3.05) is 0 Å². The summed E-state index contributed by atoms with van der Waals surface area (Å²) < 4.78 is 0. The Hall–Kier alpha value is -4.75. The van der Waals surface area contributed by atoms with E-state index in [-0.39, 0.29) is 0 Å². The van der Waals surface area contributed by atoms with Crippen molar-refractivity contribution in [3.63, 3.8) is 0 Å². The van der Waals surface area contributed by atoms with Gasteiger partial charge in [-0.3, -0.25) is 4.98 Å². The first kappa shape index (κ1) is 27.1. The Morgan fingerprint density at radius 2 is 1.67 bits per heavy atom. The smallest absolute Gasteiger partial charge is 0.0708 e. The molecule has 1 nitrogen and oxygen atoms in total. The maximum Gasteiger partial charge on any atom is 0.0708 e. The van der Waals surface area contributed by atoms with Gasteiger partial charge in [-0.25, -0.2) is 0 Å². The van der Waals surface area contributed by atoms with Crippen molar-refractivity contribution in [2.45, 2.75) is 38.5 Å². The molecular weight excluding hydrogens is 518 g/mol. The van der Waals surface area contributed by atoms with Crippen LogP contribution in [0.15, 0.2) is 157 Å². The van der Waals surface area contributed by atoms with Crippen LogP contribution in [0, 0.1) is 5.92 Å². The van der Waals surface area contributed by atoms with Gasteiger partial charge < -0.3 is 0 Å². The molecule has 0 saturated carbocycles. The second-order valence-electron chi connectivity index (χ2n) is 11.9. The molecule has 3 aromatic carbocycles. The molecule has 3 aliphatic rings. The third-order valence-electron chi connectivity index (χ3n) is 9.34. The van der Waals surface area contributed by atoms with Gasteiger partial charge in [0.05, 0.1) is 5.69 Å². The molecule has 1 aromatic heterocycles. The van der Waals surface area contributed by atoms with Crippen molar-refractivity contribution >= 4 is 21.9 Å². The summed E-state index contributed by atoms with van der Waals surface area (Å²) in [4.78, 5) is 4.74. The van der Waals surface area contributed by atoms with Gasteiger partial charge in [0.1, 0.15) is 0 Å². The fourth-order valence-electron chi connectivity index (χ4n) is 7.23. The summed E-state index contributed by atoms with van der Waals surface area (Å²) in [6.07, 6.45) is 24.0. The number of hydrogen-bond donors (Lipinski definition) is 0. The molecule has 210 valence electrons. The number of fused-ring (bicyclic) bond motifs is 2. The molecule has 0 amide bonds. The van der Waals surface area contributed by atoms with E-state index in [1.54, 1.807) is 0 Å². The van der Waals surface area contributed by atoms with Gasteiger partial charge in [0.15, 0.2) is 0 Å². The molecule has 3 aliphatic carbocycles. The Kier molecular flexibility index (Phi) is 7.47. The lowest BCUT2D eigenvalue weighted by molar-refractivity contribution is 0.490. The number of benzene rings is 3. The third-order valence-corrected chi connectivity index (χ3v) is 9.34. The molecule has 0 saturated heterocycles. The normalized spacial score (nSPS) is 20.1. The molecule has 2 atom stereocenters. The lowest BCUT2D eigenvalue weighted by Crippen LogP contribution is -2.24. The monoisotopic (exact) mass is 555 g/mol. The predicted molar refractivity (Wildman–Crippen MR) is 184 cm³/mol. The topological polar surface area (TPSA) is 12.9 Å². The quantitative estimate of drug-likeness (QED) is 0.216. The van der Waals surface area contributed by atoms with Crippen LogP contribution in [0.25, 0.3) is 33.2 Å². The molecule has 4 aromatic rings. The van der Waals surface area contributed by atoms with Crippen LogP contribution in [0.5, 0.6) is 0 Å². The summed E-state index contributed by atoms with van der Waals surface area (Å²) >= 11 is 0. The summed E-state index contributed by atoms with van der Waals surface area (Å²) in [7, 11) is 0. The Labute approximate surface area is 255 Å². The average molecular weight is 556 g/mol. The summed E-state index contributed by atoms with van der Waals surface area (Å²) in [5, 5.41) is 2.60. The van der Waals surface area contributed by atoms with Crippen LogP contribution in [-0.4, -0.2) is 4.98 Å². The highest BCUT2D eigenvalue weighted by molar-refractivity contribution is 5.90. The number of pyridine rings is 1. The zero-order chi connectivity index (χ0) is 29.2. The molecule has 7 rings (SSSR count). The van der Waals surface area contributed by atoms with Crippen molar-refractivity contribution in [3.8, 4) is 11.3 Å². The van der Waals surface area contributed by atoms with Crippen LogP contribution < -0.4 is 0 Å². The molecule has 1 heteroatoms. The highest BCUT2D eigenvalue weighted by Gasteiger charge is 2.36. The van der Waals surface area contributed by atoms with Crippen molar-refractivity contribution in [2.24, 2.45) is 5.92 Å². The van der Waals surface area contributed by atoms with Gasteiger partial charge in [0.25, 0.3) is 0 Å². The summed E-state index contributed by atoms with van der Waals surface area (Å²) in [6.45, 7) is 6.34. The second-order valence-corrected chi connectivity index (χ2v) is 11.9. The molecule has 0 fully saturated rings. The largest absolute Gasteiger partial charge is 0.256 e. The number of allylic oxidation sites excluding steroid dienone is 13. The molecular formula is C42H37N. The van der Waals surface area contributed by atoms with E-state index in [2.05, 4.69) is 135 Å². The van der Waals surface area contributed by atoms with Gasteiger partial charge in [0.2, 0.25) is 0 Å². The first-order valence-corrected chi connectivity index (χ1v) is 15.5. The molecule has 1 heterocycles. The Balaban J connectivity index is 1.31. The minimum absolute atomic E-state index is 0.341. The predicted octanol–water partition coefficient (Wildman–Crippen LogP) is 11.2. The first-order valence-electron chi connectivity index (χ1n) is 15.5. The Morgan fingerprint density at radius 1 is 0.837 bits per heavy atom.